The predicted molar refractivity (Wildman–Crippen MR) is 183 cm³/mol. The Morgan fingerprint density at radius 2 is 1.51 bits per heavy atom. The lowest BCUT2D eigenvalue weighted by Crippen LogP contribution is -2.53. The molecule has 4 atom stereocenters. The fourth-order valence-corrected chi connectivity index (χ4v) is 5.46. The first kappa shape index (κ1) is 37.0. The minimum Gasteiger partial charge on any atom is -0.472 e. The van der Waals surface area contributed by atoms with E-state index in [1.807, 2.05) is 58.0 Å². The van der Waals surface area contributed by atoms with E-state index in [2.05, 4.69) is 16.0 Å². The summed E-state index contributed by atoms with van der Waals surface area (Å²) in [7, 11) is 0. The lowest BCUT2D eigenvalue weighted by Gasteiger charge is -2.28. The number of hydrogen-bond acceptors (Lipinski definition) is 6. The van der Waals surface area contributed by atoms with Gasteiger partial charge in [-0.15, -0.1) is 0 Å². The molecule has 47 heavy (non-hydrogen) atoms. The van der Waals surface area contributed by atoms with Crippen molar-refractivity contribution in [2.45, 2.75) is 85.0 Å². The van der Waals surface area contributed by atoms with Crippen molar-refractivity contribution in [3.05, 3.63) is 95.4 Å². The molecule has 0 bridgehead atoms. The fraction of sp³-hybridized carbons (Fsp3) is 0.459. The van der Waals surface area contributed by atoms with Crippen LogP contribution in [-0.4, -0.2) is 59.7 Å². The molecule has 0 unspecified atom stereocenters. The van der Waals surface area contributed by atoms with E-state index in [1.54, 1.807) is 54.7 Å². The Hall–Kier alpha value is -4.44. The molecule has 10 heteroatoms. The average molecular weight is 646 g/mol. The molecule has 0 fully saturated rings. The number of hydrogen-bond donors (Lipinski definition) is 4. The molecule has 0 radical (unpaired) electrons. The average Bonchev–Trinajstić information content (AvgIpc) is 3.58. The van der Waals surface area contributed by atoms with Gasteiger partial charge in [-0.25, -0.2) is 0 Å². The number of benzene rings is 2. The molecular formula is C37H51N5O5. The minimum absolute atomic E-state index is 0.108. The number of carbonyl (C=O) groups is 4. The second-order valence-electron chi connectivity index (χ2n) is 12.5. The van der Waals surface area contributed by atoms with Crippen LogP contribution in [-0.2, 0) is 22.6 Å². The Morgan fingerprint density at radius 3 is 2.13 bits per heavy atom. The van der Waals surface area contributed by atoms with Crippen molar-refractivity contribution in [1.82, 2.24) is 20.9 Å². The Labute approximate surface area is 278 Å². The number of nitrogens with two attached hydrogens (primary N) is 1. The number of nitrogens with one attached hydrogen (secondary N) is 3. The summed E-state index contributed by atoms with van der Waals surface area (Å²) in [6, 6.07) is 16.2. The van der Waals surface area contributed by atoms with Crippen molar-refractivity contribution in [3.8, 4) is 0 Å². The summed E-state index contributed by atoms with van der Waals surface area (Å²) in [5.74, 6) is -1.70. The first-order valence-corrected chi connectivity index (χ1v) is 16.6. The van der Waals surface area contributed by atoms with Crippen LogP contribution < -0.4 is 21.7 Å². The highest BCUT2D eigenvalue weighted by atomic mass is 16.3. The van der Waals surface area contributed by atoms with Crippen LogP contribution in [0.3, 0.4) is 0 Å². The summed E-state index contributed by atoms with van der Waals surface area (Å²) in [5.41, 5.74) is 9.29. The Balaban J connectivity index is 1.68. The standard InChI is InChI=1S/C37H51N5O5/c1-6-17-42(18-7-2)37(46)30-15-11-14-29(22-30)35(44)40-32(21-28-16-19-47-24-28)31(38)20-26(5)34(43)41-33(25(3)4)36(45)39-23-27-12-9-8-10-13-27/h8-16,19,22,24-26,31-33H,6-7,17-18,20-21,23,38H2,1-5H3,(H,39,45)(H,40,44)(H,41,43)/t26-,31+,32+,33+/m1/s1. The van der Waals surface area contributed by atoms with Gasteiger partial charge >= 0.3 is 0 Å². The molecule has 4 amide bonds. The quantitative estimate of drug-likeness (QED) is 0.158. The molecule has 0 spiro atoms. The fourth-order valence-electron chi connectivity index (χ4n) is 5.46. The van der Waals surface area contributed by atoms with Gasteiger partial charge in [0.2, 0.25) is 11.8 Å². The van der Waals surface area contributed by atoms with Crippen LogP contribution in [0.25, 0.3) is 0 Å². The first-order chi connectivity index (χ1) is 22.5. The Bertz CT molecular complexity index is 1420. The van der Waals surface area contributed by atoms with Gasteiger partial charge in [0.05, 0.1) is 12.5 Å². The molecule has 254 valence electrons. The molecule has 0 aliphatic carbocycles. The van der Waals surface area contributed by atoms with Crippen LogP contribution in [0, 0.1) is 11.8 Å². The van der Waals surface area contributed by atoms with E-state index in [4.69, 9.17) is 10.2 Å². The topological polar surface area (TPSA) is 147 Å². The normalized spacial score (nSPS) is 13.7. The Kier molecular flexibility index (Phi) is 14.7. The zero-order valence-corrected chi connectivity index (χ0v) is 28.3. The summed E-state index contributed by atoms with van der Waals surface area (Å²) in [6.45, 7) is 11.2. The summed E-state index contributed by atoms with van der Waals surface area (Å²) < 4.78 is 5.25. The smallest absolute Gasteiger partial charge is 0.253 e. The molecule has 0 saturated carbocycles. The summed E-state index contributed by atoms with van der Waals surface area (Å²) in [5, 5.41) is 8.87. The van der Waals surface area contributed by atoms with Gasteiger partial charge in [0.15, 0.2) is 0 Å². The molecule has 3 aromatic rings. The highest BCUT2D eigenvalue weighted by molar-refractivity contribution is 5.99. The summed E-state index contributed by atoms with van der Waals surface area (Å²) in [4.78, 5) is 54.9. The molecule has 2 aromatic carbocycles. The van der Waals surface area contributed by atoms with E-state index in [0.29, 0.717) is 37.2 Å². The van der Waals surface area contributed by atoms with E-state index in [-0.39, 0.29) is 36.0 Å². The predicted octanol–water partition coefficient (Wildman–Crippen LogP) is 4.69. The van der Waals surface area contributed by atoms with Crippen LogP contribution in [0.1, 0.15) is 85.7 Å². The number of carbonyl (C=O) groups excluding carboxylic acids is 4. The van der Waals surface area contributed by atoms with Gasteiger partial charge in [0.25, 0.3) is 11.8 Å². The maximum atomic E-state index is 13.5. The zero-order chi connectivity index (χ0) is 34.3. The zero-order valence-electron chi connectivity index (χ0n) is 28.3. The third kappa shape index (κ3) is 11.4. The molecule has 5 N–H and O–H groups in total. The van der Waals surface area contributed by atoms with Gasteiger partial charge < -0.3 is 31.0 Å². The first-order valence-electron chi connectivity index (χ1n) is 16.6. The summed E-state index contributed by atoms with van der Waals surface area (Å²) in [6.07, 6.45) is 5.47. The van der Waals surface area contributed by atoms with Crippen molar-refractivity contribution in [3.63, 3.8) is 0 Å². The maximum Gasteiger partial charge on any atom is 0.253 e. The van der Waals surface area contributed by atoms with Gasteiger partial charge in [0, 0.05) is 48.8 Å². The molecule has 3 rings (SSSR count). The minimum atomic E-state index is -0.716. The third-order valence-corrected chi connectivity index (χ3v) is 8.14. The molecule has 0 saturated heterocycles. The van der Waals surface area contributed by atoms with E-state index in [9.17, 15) is 19.2 Å². The van der Waals surface area contributed by atoms with Crippen LogP contribution in [0.2, 0.25) is 0 Å². The number of amides is 4. The maximum absolute atomic E-state index is 13.5. The number of furan rings is 1. The van der Waals surface area contributed by atoms with Gasteiger partial charge in [-0.2, -0.15) is 0 Å². The lowest BCUT2D eigenvalue weighted by atomic mass is 9.92. The largest absolute Gasteiger partial charge is 0.472 e. The molecule has 1 aromatic heterocycles. The van der Waals surface area contributed by atoms with Crippen LogP contribution >= 0.6 is 0 Å². The molecule has 1 heterocycles. The lowest BCUT2D eigenvalue weighted by molar-refractivity contribution is -0.132. The summed E-state index contributed by atoms with van der Waals surface area (Å²) >= 11 is 0. The van der Waals surface area contributed by atoms with Crippen LogP contribution in [0.4, 0.5) is 0 Å². The monoisotopic (exact) mass is 645 g/mol. The van der Waals surface area contributed by atoms with E-state index in [1.165, 1.54) is 0 Å². The second kappa shape index (κ2) is 18.6. The van der Waals surface area contributed by atoms with E-state index >= 15 is 0 Å². The Morgan fingerprint density at radius 1 is 0.830 bits per heavy atom. The van der Waals surface area contributed by atoms with Crippen molar-refractivity contribution in [1.29, 1.82) is 0 Å². The van der Waals surface area contributed by atoms with Crippen LogP contribution in [0.15, 0.2) is 77.6 Å². The second-order valence-corrected chi connectivity index (χ2v) is 12.5. The number of nitrogens with zero attached hydrogens (tertiary/aromatic N) is 1. The molecule has 0 aliphatic heterocycles. The van der Waals surface area contributed by atoms with Crippen LogP contribution in [0.5, 0.6) is 0 Å². The van der Waals surface area contributed by atoms with Crippen molar-refractivity contribution >= 4 is 23.6 Å². The van der Waals surface area contributed by atoms with Gasteiger partial charge in [-0.1, -0.05) is 71.0 Å². The van der Waals surface area contributed by atoms with E-state index in [0.717, 1.165) is 24.0 Å². The van der Waals surface area contributed by atoms with Gasteiger partial charge in [-0.05, 0) is 67.0 Å². The van der Waals surface area contributed by atoms with E-state index < -0.39 is 24.0 Å². The SMILES string of the molecule is CCCN(CCC)C(=O)c1cccc(C(=O)N[C@@H](Cc2ccoc2)[C@@H](N)C[C@@H](C)C(=O)N[C@H](C(=O)NCc2ccccc2)C(C)C)c1. The highest BCUT2D eigenvalue weighted by Crippen LogP contribution is 2.16. The van der Waals surface area contributed by atoms with Crippen molar-refractivity contribution in [2.24, 2.45) is 17.6 Å². The van der Waals surface area contributed by atoms with Crippen molar-refractivity contribution < 1.29 is 23.6 Å². The number of rotatable bonds is 18. The molecule has 0 aliphatic rings. The highest BCUT2D eigenvalue weighted by Gasteiger charge is 2.30. The van der Waals surface area contributed by atoms with Gasteiger partial charge in [0.1, 0.15) is 6.04 Å². The van der Waals surface area contributed by atoms with Crippen molar-refractivity contribution in [2.75, 3.05) is 13.1 Å². The third-order valence-electron chi connectivity index (χ3n) is 8.14. The molecule has 10 nitrogen and oxygen atoms in total. The van der Waals surface area contributed by atoms with Gasteiger partial charge in [-0.3, -0.25) is 19.2 Å². The molecular weight excluding hydrogens is 594 g/mol.